The van der Waals surface area contributed by atoms with E-state index in [9.17, 15) is 4.79 Å². The molecule has 0 unspecified atom stereocenters. The zero-order valence-electron chi connectivity index (χ0n) is 10.9. The Morgan fingerprint density at radius 1 is 1.50 bits per heavy atom. The van der Waals surface area contributed by atoms with E-state index in [0.29, 0.717) is 6.54 Å². The third-order valence-corrected chi connectivity index (χ3v) is 3.96. The minimum Gasteiger partial charge on any atom is -0.350 e. The van der Waals surface area contributed by atoms with Crippen LogP contribution in [0.1, 0.15) is 22.3 Å². The fourth-order valence-corrected chi connectivity index (χ4v) is 2.88. The summed E-state index contributed by atoms with van der Waals surface area (Å²) in [6.45, 7) is 6.38. The number of carbonyl (C=O) groups excluding carboxylic acids is 1. The third-order valence-electron chi connectivity index (χ3n) is 2.76. The maximum Gasteiger partial charge on any atom is 0.261 e. The van der Waals surface area contributed by atoms with Crippen LogP contribution in [0.25, 0.3) is 10.2 Å². The number of nitrogens with zero attached hydrogens (tertiary/aromatic N) is 2. The van der Waals surface area contributed by atoms with Gasteiger partial charge in [0.05, 0.1) is 10.6 Å². The van der Waals surface area contributed by atoms with Crippen LogP contribution in [0, 0.1) is 6.92 Å². The quantitative estimate of drug-likeness (QED) is 0.802. The van der Waals surface area contributed by atoms with Gasteiger partial charge in [-0.2, -0.15) is 5.10 Å². The van der Waals surface area contributed by atoms with Gasteiger partial charge in [0.2, 0.25) is 0 Å². The van der Waals surface area contributed by atoms with Crippen molar-refractivity contribution in [1.82, 2.24) is 20.4 Å². The Morgan fingerprint density at radius 3 is 2.94 bits per heavy atom. The number of hydrogen-bond acceptors (Lipinski definition) is 4. The van der Waals surface area contributed by atoms with Crippen LogP contribution in [0.5, 0.6) is 0 Å². The molecule has 1 amide bonds. The highest BCUT2D eigenvalue weighted by Crippen LogP contribution is 2.27. The molecule has 0 radical (unpaired) electrons. The molecular formula is C12H18N4OS. The predicted octanol–water partition coefficient (Wildman–Crippen LogP) is 1.28. The summed E-state index contributed by atoms with van der Waals surface area (Å²) in [6, 6.07) is 1.92. The van der Waals surface area contributed by atoms with Gasteiger partial charge in [0.25, 0.3) is 5.91 Å². The highest BCUT2D eigenvalue weighted by molar-refractivity contribution is 7.20. The van der Waals surface area contributed by atoms with Crippen LogP contribution < -0.4 is 10.6 Å². The van der Waals surface area contributed by atoms with E-state index in [1.54, 1.807) is 0 Å². The second-order valence-corrected chi connectivity index (χ2v) is 5.18. The van der Waals surface area contributed by atoms with Crippen molar-refractivity contribution in [3.8, 4) is 0 Å². The Balaban J connectivity index is 2.06. The van der Waals surface area contributed by atoms with Gasteiger partial charge < -0.3 is 10.6 Å². The number of fused-ring (bicyclic) bond motifs is 1. The second-order valence-electron chi connectivity index (χ2n) is 4.15. The molecule has 0 spiro atoms. The van der Waals surface area contributed by atoms with Crippen LogP contribution in [0.3, 0.4) is 0 Å². The number of thiophene rings is 1. The first kappa shape index (κ1) is 13.0. The Labute approximate surface area is 110 Å². The van der Waals surface area contributed by atoms with Crippen molar-refractivity contribution in [2.24, 2.45) is 7.05 Å². The van der Waals surface area contributed by atoms with Crippen LogP contribution in [0.2, 0.25) is 0 Å². The Hall–Kier alpha value is -1.40. The topological polar surface area (TPSA) is 58.9 Å². The van der Waals surface area contributed by atoms with Gasteiger partial charge in [0.1, 0.15) is 4.83 Å². The van der Waals surface area contributed by atoms with Crippen LogP contribution in [0.4, 0.5) is 0 Å². The van der Waals surface area contributed by atoms with Crippen molar-refractivity contribution < 1.29 is 4.79 Å². The highest BCUT2D eigenvalue weighted by Gasteiger charge is 2.14. The summed E-state index contributed by atoms with van der Waals surface area (Å²) in [5, 5.41) is 11.5. The fourth-order valence-electron chi connectivity index (χ4n) is 1.85. The Bertz CT molecular complexity index is 523. The zero-order chi connectivity index (χ0) is 13.1. The van der Waals surface area contributed by atoms with Crippen LogP contribution >= 0.6 is 11.3 Å². The van der Waals surface area contributed by atoms with Crippen LogP contribution in [-0.2, 0) is 7.05 Å². The van der Waals surface area contributed by atoms with Crippen molar-refractivity contribution in [3.63, 3.8) is 0 Å². The molecule has 2 N–H and O–H groups in total. The molecule has 98 valence electrons. The zero-order valence-corrected chi connectivity index (χ0v) is 11.7. The van der Waals surface area contributed by atoms with Crippen molar-refractivity contribution in [2.45, 2.75) is 13.8 Å². The van der Waals surface area contributed by atoms with Crippen molar-refractivity contribution in [2.75, 3.05) is 19.6 Å². The van der Waals surface area contributed by atoms with Gasteiger partial charge in [-0.05, 0) is 19.5 Å². The number of aryl methyl sites for hydroxylation is 2. The van der Waals surface area contributed by atoms with E-state index in [0.717, 1.165) is 33.9 Å². The first-order chi connectivity index (χ1) is 8.63. The van der Waals surface area contributed by atoms with Gasteiger partial charge in [-0.3, -0.25) is 9.48 Å². The lowest BCUT2D eigenvalue weighted by molar-refractivity contribution is 0.0958. The lowest BCUT2D eigenvalue weighted by atomic mass is 10.3. The lowest BCUT2D eigenvalue weighted by Gasteiger charge is -2.03. The molecule has 0 aromatic carbocycles. The average Bonchev–Trinajstić information content (AvgIpc) is 2.88. The molecule has 0 aliphatic rings. The molecular weight excluding hydrogens is 248 g/mol. The summed E-state index contributed by atoms with van der Waals surface area (Å²) in [7, 11) is 1.90. The summed E-state index contributed by atoms with van der Waals surface area (Å²) < 4.78 is 1.82. The molecule has 5 nitrogen and oxygen atoms in total. The van der Waals surface area contributed by atoms with Gasteiger partial charge in [0, 0.05) is 25.5 Å². The molecule has 2 aromatic heterocycles. The van der Waals surface area contributed by atoms with Gasteiger partial charge in [-0.1, -0.05) is 6.92 Å². The highest BCUT2D eigenvalue weighted by atomic mass is 32.1. The van der Waals surface area contributed by atoms with Crippen LogP contribution in [0.15, 0.2) is 6.07 Å². The normalized spacial score (nSPS) is 11.1. The maximum atomic E-state index is 11.9. The first-order valence-electron chi connectivity index (χ1n) is 6.05. The van der Waals surface area contributed by atoms with Gasteiger partial charge >= 0.3 is 0 Å². The number of aromatic nitrogens is 2. The van der Waals surface area contributed by atoms with E-state index in [4.69, 9.17) is 0 Å². The second kappa shape index (κ2) is 5.49. The minimum absolute atomic E-state index is 0.00602. The van der Waals surface area contributed by atoms with E-state index >= 15 is 0 Å². The number of nitrogens with one attached hydrogen (secondary N) is 2. The summed E-state index contributed by atoms with van der Waals surface area (Å²) in [5.74, 6) is -0.00602. The first-order valence-corrected chi connectivity index (χ1v) is 6.87. The molecule has 0 fully saturated rings. The van der Waals surface area contributed by atoms with Gasteiger partial charge in [-0.25, -0.2) is 0 Å². The monoisotopic (exact) mass is 266 g/mol. The van der Waals surface area contributed by atoms with E-state index < -0.39 is 0 Å². The van der Waals surface area contributed by atoms with E-state index in [1.165, 1.54) is 11.3 Å². The minimum atomic E-state index is -0.00602. The molecule has 0 aliphatic carbocycles. The summed E-state index contributed by atoms with van der Waals surface area (Å²) in [4.78, 5) is 13.7. The average molecular weight is 266 g/mol. The standard InChI is InChI=1S/C12H18N4OS/c1-4-13-5-6-14-11(17)10-7-9-8(2)15-16(3)12(9)18-10/h7,13H,4-6H2,1-3H3,(H,14,17). The molecule has 0 aliphatic heterocycles. The molecule has 18 heavy (non-hydrogen) atoms. The third kappa shape index (κ3) is 2.54. The molecule has 0 saturated heterocycles. The van der Waals surface area contributed by atoms with Crippen molar-refractivity contribution in [1.29, 1.82) is 0 Å². The number of rotatable bonds is 5. The molecule has 2 rings (SSSR count). The SMILES string of the molecule is CCNCCNC(=O)c1cc2c(C)nn(C)c2s1. The predicted molar refractivity (Wildman–Crippen MR) is 74.2 cm³/mol. The number of amides is 1. The maximum absolute atomic E-state index is 11.9. The smallest absolute Gasteiger partial charge is 0.261 e. The molecule has 2 aromatic rings. The summed E-state index contributed by atoms with van der Waals surface area (Å²) in [5.41, 5.74) is 0.968. The summed E-state index contributed by atoms with van der Waals surface area (Å²) in [6.07, 6.45) is 0. The number of likely N-dealkylation sites (N-methyl/N-ethyl adjacent to an activating group) is 1. The summed E-state index contributed by atoms with van der Waals surface area (Å²) >= 11 is 1.48. The molecule has 0 bridgehead atoms. The van der Waals surface area contributed by atoms with Crippen LogP contribution in [-0.4, -0.2) is 35.3 Å². The van der Waals surface area contributed by atoms with Crippen molar-refractivity contribution in [3.05, 3.63) is 16.6 Å². The van der Waals surface area contributed by atoms with Gasteiger partial charge in [-0.15, -0.1) is 11.3 Å². The fraction of sp³-hybridized carbons (Fsp3) is 0.500. The molecule has 0 atom stereocenters. The lowest BCUT2D eigenvalue weighted by Crippen LogP contribution is -2.31. The van der Waals surface area contributed by atoms with Gasteiger partial charge in [0.15, 0.2) is 0 Å². The molecule has 0 saturated carbocycles. The van der Waals surface area contributed by atoms with E-state index in [2.05, 4.69) is 15.7 Å². The van der Waals surface area contributed by atoms with Crippen molar-refractivity contribution >= 4 is 27.5 Å². The number of carbonyl (C=O) groups is 1. The Morgan fingerprint density at radius 2 is 2.28 bits per heavy atom. The molecule has 6 heteroatoms. The molecule has 2 heterocycles. The number of hydrogen-bond donors (Lipinski definition) is 2. The van der Waals surface area contributed by atoms with E-state index in [-0.39, 0.29) is 5.91 Å². The largest absolute Gasteiger partial charge is 0.350 e. The Kier molecular flexibility index (Phi) is 3.98. The van der Waals surface area contributed by atoms with E-state index in [1.807, 2.05) is 31.6 Å².